The standard InChI is InChI=1S/C23H24N4O4/c1-4-14-11-16(19(28)12-20(14)31-22(29)13(2)3)21-25-26-23(30)27(21)18-9-5-8-17-15(18)7-6-10-24-17/h5,8-13,28H,4,6-7H2,1-3H3,(H,26,30). The number of H-pyrrole nitrogens is 1. The quantitative estimate of drug-likeness (QED) is 0.483. The topological polar surface area (TPSA) is 110 Å². The van der Waals surface area contributed by atoms with Crippen LogP contribution >= 0.6 is 0 Å². The predicted octanol–water partition coefficient (Wildman–Crippen LogP) is 3.71. The maximum atomic E-state index is 12.7. The molecule has 0 radical (unpaired) electrons. The monoisotopic (exact) mass is 420 g/mol. The molecule has 8 heteroatoms. The fourth-order valence-corrected chi connectivity index (χ4v) is 3.61. The molecule has 1 aliphatic rings. The number of phenolic OH excluding ortho intramolecular Hbond substituents is 1. The van der Waals surface area contributed by atoms with E-state index in [2.05, 4.69) is 15.2 Å². The SMILES string of the molecule is CCc1cc(-c2n[nH]c(=O)n2-c2cccc3c2CCC=N3)c(O)cc1OC(=O)C(C)C. The van der Waals surface area contributed by atoms with Gasteiger partial charge in [0.1, 0.15) is 11.5 Å². The van der Waals surface area contributed by atoms with E-state index >= 15 is 0 Å². The number of aromatic amines is 1. The number of ether oxygens (including phenoxy) is 1. The molecular weight excluding hydrogens is 396 g/mol. The predicted molar refractivity (Wildman–Crippen MR) is 118 cm³/mol. The Hall–Kier alpha value is -3.68. The highest BCUT2D eigenvalue weighted by atomic mass is 16.5. The lowest BCUT2D eigenvalue weighted by molar-refractivity contribution is -0.137. The lowest BCUT2D eigenvalue weighted by atomic mass is 10.0. The molecule has 0 fully saturated rings. The van der Waals surface area contributed by atoms with Crippen molar-refractivity contribution >= 4 is 17.9 Å². The number of hydrogen-bond acceptors (Lipinski definition) is 6. The van der Waals surface area contributed by atoms with Gasteiger partial charge in [-0.2, -0.15) is 5.10 Å². The van der Waals surface area contributed by atoms with Crippen molar-refractivity contribution in [2.45, 2.75) is 40.0 Å². The minimum Gasteiger partial charge on any atom is -0.507 e. The van der Waals surface area contributed by atoms with Crippen LogP contribution in [0.5, 0.6) is 11.5 Å². The van der Waals surface area contributed by atoms with Crippen molar-refractivity contribution in [1.82, 2.24) is 14.8 Å². The molecule has 2 aromatic carbocycles. The van der Waals surface area contributed by atoms with E-state index in [1.165, 1.54) is 10.6 Å². The molecule has 31 heavy (non-hydrogen) atoms. The van der Waals surface area contributed by atoms with Crippen LogP contribution in [0, 0.1) is 5.92 Å². The highest BCUT2D eigenvalue weighted by Crippen LogP contribution is 2.37. The smallest absolute Gasteiger partial charge is 0.348 e. The second-order valence-corrected chi connectivity index (χ2v) is 7.72. The first-order valence-electron chi connectivity index (χ1n) is 10.3. The number of aromatic nitrogens is 3. The summed E-state index contributed by atoms with van der Waals surface area (Å²) in [7, 11) is 0. The molecule has 0 amide bonds. The van der Waals surface area contributed by atoms with Crippen molar-refractivity contribution in [1.29, 1.82) is 0 Å². The van der Waals surface area contributed by atoms with E-state index in [4.69, 9.17) is 4.74 Å². The number of esters is 1. The van der Waals surface area contributed by atoms with Crippen molar-refractivity contribution in [3.8, 4) is 28.6 Å². The second kappa shape index (κ2) is 8.22. The van der Waals surface area contributed by atoms with Gasteiger partial charge in [-0.15, -0.1) is 0 Å². The highest BCUT2D eigenvalue weighted by Gasteiger charge is 2.22. The van der Waals surface area contributed by atoms with Gasteiger partial charge in [-0.25, -0.2) is 14.5 Å². The number of aromatic hydroxyl groups is 1. The van der Waals surface area contributed by atoms with E-state index in [0.717, 1.165) is 29.7 Å². The van der Waals surface area contributed by atoms with E-state index in [0.29, 0.717) is 23.4 Å². The van der Waals surface area contributed by atoms with E-state index in [-0.39, 0.29) is 23.5 Å². The molecule has 0 saturated heterocycles. The Morgan fingerprint density at radius 2 is 2.13 bits per heavy atom. The number of carbonyl (C=O) groups excluding carboxylic acids is 1. The van der Waals surface area contributed by atoms with Gasteiger partial charge in [-0.1, -0.05) is 26.8 Å². The molecule has 1 aliphatic heterocycles. The first-order chi connectivity index (χ1) is 14.9. The Labute approximate surface area is 179 Å². The Kier molecular flexibility index (Phi) is 5.46. The van der Waals surface area contributed by atoms with Gasteiger partial charge in [0.15, 0.2) is 5.82 Å². The Morgan fingerprint density at radius 1 is 1.32 bits per heavy atom. The summed E-state index contributed by atoms with van der Waals surface area (Å²) in [5.74, 6) is -0.225. The molecule has 0 bridgehead atoms. The van der Waals surface area contributed by atoms with Gasteiger partial charge in [0, 0.05) is 17.8 Å². The lowest BCUT2D eigenvalue weighted by Crippen LogP contribution is -2.18. The average molecular weight is 420 g/mol. The van der Waals surface area contributed by atoms with Crippen LogP contribution in [0.25, 0.3) is 17.1 Å². The van der Waals surface area contributed by atoms with E-state index in [1.807, 2.05) is 31.3 Å². The number of benzene rings is 2. The van der Waals surface area contributed by atoms with E-state index in [9.17, 15) is 14.7 Å². The molecule has 8 nitrogen and oxygen atoms in total. The summed E-state index contributed by atoms with van der Waals surface area (Å²) < 4.78 is 6.90. The summed E-state index contributed by atoms with van der Waals surface area (Å²) in [5.41, 5.74) is 3.13. The van der Waals surface area contributed by atoms with Crippen molar-refractivity contribution in [3.05, 3.63) is 51.9 Å². The van der Waals surface area contributed by atoms with Gasteiger partial charge in [0.05, 0.1) is 22.9 Å². The molecule has 4 rings (SSSR count). The maximum absolute atomic E-state index is 12.7. The Balaban J connectivity index is 1.86. The summed E-state index contributed by atoms with van der Waals surface area (Å²) in [5, 5.41) is 17.4. The number of phenols is 1. The van der Waals surface area contributed by atoms with Gasteiger partial charge < -0.3 is 9.84 Å². The molecule has 0 spiro atoms. The van der Waals surface area contributed by atoms with Crippen LogP contribution < -0.4 is 10.4 Å². The third-order valence-electron chi connectivity index (χ3n) is 5.28. The molecule has 2 heterocycles. The largest absolute Gasteiger partial charge is 0.507 e. The molecule has 1 aromatic heterocycles. The number of carbonyl (C=O) groups is 1. The number of nitrogens with zero attached hydrogens (tertiary/aromatic N) is 3. The number of nitrogens with one attached hydrogen (secondary N) is 1. The molecule has 2 N–H and O–H groups in total. The number of rotatable bonds is 5. The van der Waals surface area contributed by atoms with E-state index in [1.54, 1.807) is 19.9 Å². The molecule has 0 unspecified atom stereocenters. The summed E-state index contributed by atoms with van der Waals surface area (Å²) in [6.07, 6.45) is 3.97. The molecule has 0 saturated carbocycles. The summed E-state index contributed by atoms with van der Waals surface area (Å²) in [4.78, 5) is 29.2. The Morgan fingerprint density at radius 3 is 2.87 bits per heavy atom. The first kappa shape index (κ1) is 20.6. The number of aliphatic imine (C=N–C) groups is 1. The van der Waals surface area contributed by atoms with Gasteiger partial charge in [-0.3, -0.25) is 9.79 Å². The third kappa shape index (κ3) is 3.76. The highest BCUT2D eigenvalue weighted by molar-refractivity contribution is 5.77. The third-order valence-corrected chi connectivity index (χ3v) is 5.28. The average Bonchev–Trinajstić information content (AvgIpc) is 3.14. The van der Waals surface area contributed by atoms with Crippen LogP contribution in [-0.4, -0.2) is 32.1 Å². The van der Waals surface area contributed by atoms with Gasteiger partial charge >= 0.3 is 11.7 Å². The molecule has 3 aromatic rings. The van der Waals surface area contributed by atoms with Crippen molar-refractivity contribution < 1.29 is 14.6 Å². The van der Waals surface area contributed by atoms with Crippen LogP contribution in [-0.2, 0) is 17.6 Å². The fourth-order valence-electron chi connectivity index (χ4n) is 3.61. The minimum absolute atomic E-state index is 0.133. The van der Waals surface area contributed by atoms with Crippen molar-refractivity contribution in [3.63, 3.8) is 0 Å². The van der Waals surface area contributed by atoms with Crippen LogP contribution in [0.1, 0.15) is 38.3 Å². The zero-order valence-electron chi connectivity index (χ0n) is 17.7. The zero-order chi connectivity index (χ0) is 22.1. The van der Waals surface area contributed by atoms with Crippen LogP contribution in [0.2, 0.25) is 0 Å². The lowest BCUT2D eigenvalue weighted by Gasteiger charge is -2.17. The van der Waals surface area contributed by atoms with Crippen molar-refractivity contribution in [2.24, 2.45) is 10.9 Å². The number of hydrogen-bond donors (Lipinski definition) is 2. The van der Waals surface area contributed by atoms with Crippen molar-refractivity contribution in [2.75, 3.05) is 0 Å². The van der Waals surface area contributed by atoms with Gasteiger partial charge in [0.2, 0.25) is 0 Å². The van der Waals surface area contributed by atoms with Crippen LogP contribution in [0.15, 0.2) is 40.1 Å². The first-order valence-corrected chi connectivity index (χ1v) is 10.3. The molecule has 0 aliphatic carbocycles. The molecule has 0 atom stereocenters. The van der Waals surface area contributed by atoms with Crippen LogP contribution in [0.3, 0.4) is 0 Å². The molecular formula is C23H24N4O4. The summed E-state index contributed by atoms with van der Waals surface area (Å²) >= 11 is 0. The fraction of sp³-hybridized carbons (Fsp3) is 0.304. The van der Waals surface area contributed by atoms with Gasteiger partial charge in [-0.05, 0) is 43.0 Å². The maximum Gasteiger partial charge on any atom is 0.348 e. The summed E-state index contributed by atoms with van der Waals surface area (Å²) in [6, 6.07) is 8.70. The van der Waals surface area contributed by atoms with Crippen LogP contribution in [0.4, 0.5) is 5.69 Å². The zero-order valence-corrected chi connectivity index (χ0v) is 17.7. The second-order valence-electron chi connectivity index (χ2n) is 7.72. The van der Waals surface area contributed by atoms with E-state index < -0.39 is 5.69 Å². The number of aryl methyl sites for hydroxylation is 1. The minimum atomic E-state index is -0.411. The normalized spacial score (nSPS) is 12.8. The Bertz CT molecular complexity index is 1240. The molecule has 160 valence electrons. The summed E-state index contributed by atoms with van der Waals surface area (Å²) in [6.45, 7) is 5.41. The number of fused-ring (bicyclic) bond motifs is 1. The van der Waals surface area contributed by atoms with Gasteiger partial charge in [0.25, 0.3) is 0 Å².